The molecule has 4 N–H and O–H groups in total. The molecule has 1 amide bonds. The summed E-state index contributed by atoms with van der Waals surface area (Å²) in [5, 5.41) is 3.83. The SMILES string of the molecule is NCc1ccc(CNC(=O)c2cc(-c3c[nH]c4ccc(Br)cc34)nc3ccc(C(F)(F)F)cc23)cc1. The van der Waals surface area contributed by atoms with E-state index in [1.807, 2.05) is 42.5 Å². The molecule has 2 heterocycles. The average molecular weight is 553 g/mol. The molecule has 36 heavy (non-hydrogen) atoms. The van der Waals surface area contributed by atoms with Crippen LogP contribution >= 0.6 is 15.9 Å². The molecule has 0 aliphatic heterocycles. The summed E-state index contributed by atoms with van der Waals surface area (Å²) < 4.78 is 41.2. The first-order valence-electron chi connectivity index (χ1n) is 11.1. The van der Waals surface area contributed by atoms with Crippen LogP contribution in [0.4, 0.5) is 13.2 Å². The monoisotopic (exact) mass is 552 g/mol. The predicted molar refractivity (Wildman–Crippen MR) is 137 cm³/mol. The van der Waals surface area contributed by atoms with Gasteiger partial charge in [-0.1, -0.05) is 40.2 Å². The molecule has 2 aromatic heterocycles. The molecule has 0 aliphatic rings. The van der Waals surface area contributed by atoms with Gasteiger partial charge >= 0.3 is 6.18 Å². The number of nitrogens with two attached hydrogens (primary N) is 1. The number of benzene rings is 3. The second-order valence-electron chi connectivity index (χ2n) is 8.38. The first kappa shape index (κ1) is 24.0. The number of H-pyrrole nitrogens is 1. The van der Waals surface area contributed by atoms with Gasteiger partial charge in [0.15, 0.2) is 0 Å². The fourth-order valence-electron chi connectivity index (χ4n) is 4.10. The van der Waals surface area contributed by atoms with Gasteiger partial charge in [-0.2, -0.15) is 13.2 Å². The molecule has 0 bridgehead atoms. The summed E-state index contributed by atoms with van der Waals surface area (Å²) in [5.41, 5.74) is 9.08. The summed E-state index contributed by atoms with van der Waals surface area (Å²) in [5.74, 6) is -0.494. The number of carbonyl (C=O) groups is 1. The highest BCUT2D eigenvalue weighted by Crippen LogP contribution is 2.35. The van der Waals surface area contributed by atoms with E-state index in [4.69, 9.17) is 5.73 Å². The molecular formula is C27H20BrF3N4O. The molecule has 9 heteroatoms. The Morgan fingerprint density at radius 3 is 2.44 bits per heavy atom. The first-order chi connectivity index (χ1) is 17.2. The van der Waals surface area contributed by atoms with E-state index in [1.54, 1.807) is 12.3 Å². The molecule has 0 radical (unpaired) electrons. The smallest absolute Gasteiger partial charge is 0.360 e. The highest BCUT2D eigenvalue weighted by Gasteiger charge is 2.31. The Morgan fingerprint density at radius 1 is 0.972 bits per heavy atom. The van der Waals surface area contributed by atoms with Gasteiger partial charge in [0.25, 0.3) is 5.91 Å². The predicted octanol–water partition coefficient (Wildman–Crippen LogP) is 6.55. The average Bonchev–Trinajstić information content (AvgIpc) is 3.29. The standard InChI is InChI=1S/C27H20BrF3N4O/c28-18-6-8-23-20(10-18)22(14-33-23)25-11-21(19-9-17(27(29,30)31)5-7-24(19)35-25)26(36)34-13-16-3-1-15(12-32)2-4-16/h1-11,14,33H,12-13,32H2,(H,34,36). The quantitative estimate of drug-likeness (QED) is 0.231. The van der Waals surface area contributed by atoms with Crippen molar-refractivity contribution in [2.45, 2.75) is 19.3 Å². The van der Waals surface area contributed by atoms with Gasteiger partial charge in [-0.25, -0.2) is 4.98 Å². The van der Waals surface area contributed by atoms with Crippen LogP contribution in [-0.4, -0.2) is 15.9 Å². The molecule has 182 valence electrons. The molecule has 5 rings (SSSR count). The van der Waals surface area contributed by atoms with Crippen LogP contribution in [0.25, 0.3) is 33.1 Å². The zero-order valence-corrected chi connectivity index (χ0v) is 20.4. The van der Waals surface area contributed by atoms with Gasteiger partial charge < -0.3 is 16.0 Å². The second-order valence-corrected chi connectivity index (χ2v) is 9.30. The summed E-state index contributed by atoms with van der Waals surface area (Å²) >= 11 is 3.47. The van der Waals surface area contributed by atoms with Crippen molar-refractivity contribution in [2.75, 3.05) is 0 Å². The number of pyridine rings is 1. The summed E-state index contributed by atoms with van der Waals surface area (Å²) in [6, 6.07) is 18.0. The molecule has 0 atom stereocenters. The highest BCUT2D eigenvalue weighted by atomic mass is 79.9. The molecule has 0 aliphatic carbocycles. The fraction of sp³-hybridized carbons (Fsp3) is 0.111. The zero-order chi connectivity index (χ0) is 25.4. The number of alkyl halides is 3. The first-order valence-corrected chi connectivity index (χ1v) is 11.9. The Morgan fingerprint density at radius 2 is 1.72 bits per heavy atom. The van der Waals surface area contributed by atoms with E-state index >= 15 is 0 Å². The molecule has 5 aromatic rings. The second kappa shape index (κ2) is 9.40. The Hall–Kier alpha value is -3.69. The number of amides is 1. The Kier molecular flexibility index (Phi) is 6.27. The number of aromatic nitrogens is 2. The summed E-state index contributed by atoms with van der Waals surface area (Å²) in [6.45, 7) is 0.617. The van der Waals surface area contributed by atoms with E-state index < -0.39 is 17.6 Å². The van der Waals surface area contributed by atoms with Crippen LogP contribution in [0.5, 0.6) is 0 Å². The van der Waals surface area contributed by atoms with E-state index in [9.17, 15) is 18.0 Å². The number of aromatic amines is 1. The van der Waals surface area contributed by atoms with Crippen LogP contribution in [0.2, 0.25) is 0 Å². The lowest BCUT2D eigenvalue weighted by atomic mass is 10.0. The largest absolute Gasteiger partial charge is 0.416 e. The van der Waals surface area contributed by atoms with Crippen molar-refractivity contribution in [3.05, 3.63) is 99.7 Å². The Balaban J connectivity index is 1.59. The van der Waals surface area contributed by atoms with Gasteiger partial charge in [0.1, 0.15) is 0 Å². The third-order valence-electron chi connectivity index (χ3n) is 6.01. The van der Waals surface area contributed by atoms with Gasteiger partial charge in [-0.05, 0) is 53.6 Å². The lowest BCUT2D eigenvalue weighted by Crippen LogP contribution is -2.23. The summed E-state index contributed by atoms with van der Waals surface area (Å²) in [6.07, 6.45) is -2.77. The van der Waals surface area contributed by atoms with E-state index in [2.05, 4.69) is 31.2 Å². The van der Waals surface area contributed by atoms with Crippen molar-refractivity contribution in [1.29, 1.82) is 0 Å². The van der Waals surface area contributed by atoms with Crippen LogP contribution in [0.1, 0.15) is 27.0 Å². The number of nitrogens with one attached hydrogen (secondary N) is 2. The van der Waals surface area contributed by atoms with Gasteiger partial charge in [0, 0.05) is 45.6 Å². The number of rotatable bonds is 5. The number of nitrogens with zero attached hydrogens (tertiary/aromatic N) is 1. The number of hydrogen-bond acceptors (Lipinski definition) is 3. The minimum Gasteiger partial charge on any atom is -0.360 e. The third-order valence-corrected chi connectivity index (χ3v) is 6.51. The summed E-state index contributed by atoms with van der Waals surface area (Å²) in [4.78, 5) is 21.1. The topological polar surface area (TPSA) is 83.8 Å². The Bertz CT molecular complexity index is 1590. The summed E-state index contributed by atoms with van der Waals surface area (Å²) in [7, 11) is 0. The maximum atomic E-state index is 13.5. The molecule has 5 nitrogen and oxygen atoms in total. The maximum Gasteiger partial charge on any atom is 0.416 e. The van der Waals surface area contributed by atoms with E-state index in [-0.39, 0.29) is 17.5 Å². The maximum absolute atomic E-state index is 13.5. The van der Waals surface area contributed by atoms with Crippen molar-refractivity contribution < 1.29 is 18.0 Å². The minimum atomic E-state index is -4.55. The normalized spacial score (nSPS) is 11.8. The van der Waals surface area contributed by atoms with Gasteiger partial charge in [-0.3, -0.25) is 4.79 Å². The zero-order valence-electron chi connectivity index (χ0n) is 18.8. The van der Waals surface area contributed by atoms with Crippen LogP contribution in [0, 0.1) is 0 Å². The van der Waals surface area contributed by atoms with Crippen LogP contribution in [-0.2, 0) is 19.3 Å². The molecule has 3 aromatic carbocycles. The minimum absolute atomic E-state index is 0.115. The van der Waals surface area contributed by atoms with Crippen LogP contribution in [0.15, 0.2) is 77.4 Å². The number of halogens is 4. The van der Waals surface area contributed by atoms with Gasteiger partial charge in [-0.15, -0.1) is 0 Å². The van der Waals surface area contributed by atoms with Crippen molar-refractivity contribution in [3.8, 4) is 11.3 Å². The lowest BCUT2D eigenvalue weighted by molar-refractivity contribution is -0.137. The van der Waals surface area contributed by atoms with Crippen molar-refractivity contribution in [1.82, 2.24) is 15.3 Å². The van der Waals surface area contributed by atoms with Gasteiger partial charge in [0.2, 0.25) is 0 Å². The van der Waals surface area contributed by atoms with E-state index in [0.717, 1.165) is 44.2 Å². The van der Waals surface area contributed by atoms with Crippen LogP contribution < -0.4 is 11.1 Å². The lowest BCUT2D eigenvalue weighted by Gasteiger charge is -2.13. The molecule has 0 spiro atoms. The molecule has 0 unspecified atom stereocenters. The molecule has 0 fully saturated rings. The van der Waals surface area contributed by atoms with E-state index in [1.165, 1.54) is 6.07 Å². The fourth-order valence-corrected chi connectivity index (χ4v) is 4.46. The Labute approximate surface area is 212 Å². The number of carbonyl (C=O) groups excluding carboxylic acids is 1. The van der Waals surface area contributed by atoms with Gasteiger partial charge in [0.05, 0.1) is 22.3 Å². The van der Waals surface area contributed by atoms with E-state index in [0.29, 0.717) is 17.8 Å². The van der Waals surface area contributed by atoms with Crippen LogP contribution in [0.3, 0.4) is 0 Å². The third kappa shape index (κ3) is 4.72. The molecular weight excluding hydrogens is 533 g/mol. The number of fused-ring (bicyclic) bond motifs is 2. The molecule has 0 saturated carbocycles. The van der Waals surface area contributed by atoms with Crippen molar-refractivity contribution in [2.24, 2.45) is 5.73 Å². The molecule has 0 saturated heterocycles. The van der Waals surface area contributed by atoms with Crippen molar-refractivity contribution >= 4 is 43.6 Å². The van der Waals surface area contributed by atoms with Crippen molar-refractivity contribution in [3.63, 3.8) is 0 Å². The highest BCUT2D eigenvalue weighted by molar-refractivity contribution is 9.10. The number of hydrogen-bond donors (Lipinski definition) is 3.